The molecular weight excluding hydrogens is 503 g/mol. The minimum Gasteiger partial charge on any atom is -0.354 e. The molecule has 0 aliphatic heterocycles. The Bertz CT molecular complexity index is 944. The summed E-state index contributed by atoms with van der Waals surface area (Å²) in [5.41, 5.74) is 3.54. The smallest absolute Gasteiger partial charge is 0.239 e. The molecule has 164 valence electrons. The van der Waals surface area contributed by atoms with Gasteiger partial charge in [-0.05, 0) is 29.2 Å². The number of halogens is 1. The Morgan fingerprint density at radius 1 is 0.968 bits per heavy atom. The predicted octanol–water partition coefficient (Wildman–Crippen LogP) is 2.57. The van der Waals surface area contributed by atoms with Crippen molar-refractivity contribution < 1.29 is 4.79 Å². The molecule has 0 radical (unpaired) electrons. The number of benzene rings is 2. The van der Waals surface area contributed by atoms with E-state index in [-0.39, 0.29) is 36.4 Å². The first-order valence-corrected chi connectivity index (χ1v) is 10.0. The van der Waals surface area contributed by atoms with Gasteiger partial charge in [-0.1, -0.05) is 54.6 Å². The molecular formula is C23H29IN6O. The van der Waals surface area contributed by atoms with Crippen LogP contribution in [0.25, 0.3) is 0 Å². The van der Waals surface area contributed by atoms with Crippen LogP contribution in [0.5, 0.6) is 0 Å². The maximum Gasteiger partial charge on any atom is 0.239 e. The molecule has 3 N–H and O–H groups in total. The van der Waals surface area contributed by atoms with Gasteiger partial charge >= 0.3 is 0 Å². The number of nitrogens with zero attached hydrogens (tertiary/aromatic N) is 3. The Labute approximate surface area is 200 Å². The molecule has 0 fully saturated rings. The highest BCUT2D eigenvalue weighted by Gasteiger charge is 2.06. The minimum absolute atomic E-state index is 0. The average Bonchev–Trinajstić information content (AvgIpc) is 3.29. The molecule has 0 aliphatic carbocycles. The molecule has 7 nitrogen and oxygen atoms in total. The fraction of sp³-hybridized carbons (Fsp3) is 0.261. The normalized spacial score (nSPS) is 10.8. The second kappa shape index (κ2) is 13.4. The first-order valence-electron chi connectivity index (χ1n) is 10.0. The summed E-state index contributed by atoms with van der Waals surface area (Å²) in [7, 11) is 1.69. The number of aliphatic imine (C=N–C) groups is 1. The largest absolute Gasteiger partial charge is 0.354 e. The summed E-state index contributed by atoms with van der Waals surface area (Å²) >= 11 is 0. The fourth-order valence-corrected chi connectivity index (χ4v) is 3.07. The summed E-state index contributed by atoms with van der Waals surface area (Å²) in [5, 5.41) is 13.5. The summed E-state index contributed by atoms with van der Waals surface area (Å²) < 4.78 is 1.89. The molecule has 0 bridgehead atoms. The van der Waals surface area contributed by atoms with Crippen LogP contribution >= 0.6 is 24.0 Å². The summed E-state index contributed by atoms with van der Waals surface area (Å²) in [6, 6.07) is 20.2. The lowest BCUT2D eigenvalue weighted by Crippen LogP contribution is -2.43. The first-order chi connectivity index (χ1) is 14.7. The third-order valence-electron chi connectivity index (χ3n) is 4.67. The lowest BCUT2D eigenvalue weighted by molar-refractivity contribution is -0.119. The maximum absolute atomic E-state index is 12.1. The van der Waals surface area contributed by atoms with Gasteiger partial charge in [-0.3, -0.25) is 14.5 Å². The van der Waals surface area contributed by atoms with Crippen LogP contribution in [0.3, 0.4) is 0 Å². The van der Waals surface area contributed by atoms with Crippen LogP contribution in [0.4, 0.5) is 0 Å². The number of carbonyl (C=O) groups is 1. The Hall–Kier alpha value is -2.88. The molecule has 0 saturated carbocycles. The van der Waals surface area contributed by atoms with E-state index in [0.717, 1.165) is 12.0 Å². The summed E-state index contributed by atoms with van der Waals surface area (Å²) in [4.78, 5) is 16.3. The highest BCUT2D eigenvalue weighted by atomic mass is 127. The van der Waals surface area contributed by atoms with Crippen molar-refractivity contribution in [2.24, 2.45) is 4.99 Å². The Balaban J connectivity index is 0.00000341. The molecule has 0 saturated heterocycles. The van der Waals surface area contributed by atoms with Crippen molar-refractivity contribution in [1.29, 1.82) is 0 Å². The monoisotopic (exact) mass is 532 g/mol. The summed E-state index contributed by atoms with van der Waals surface area (Å²) in [5.74, 6) is 0.523. The Morgan fingerprint density at radius 3 is 2.42 bits per heavy atom. The van der Waals surface area contributed by atoms with E-state index in [2.05, 4.69) is 50.3 Å². The number of aromatic nitrogens is 2. The van der Waals surface area contributed by atoms with E-state index in [1.165, 1.54) is 11.1 Å². The van der Waals surface area contributed by atoms with E-state index < -0.39 is 0 Å². The van der Waals surface area contributed by atoms with E-state index in [1.807, 2.05) is 47.3 Å². The average molecular weight is 532 g/mol. The SMILES string of the molecule is CN=C(NCC(=O)NCCc1ccccc1)NCc1ccccc1Cn1cccn1.I. The quantitative estimate of drug-likeness (QED) is 0.225. The van der Waals surface area contributed by atoms with Crippen LogP contribution in [-0.2, 0) is 24.3 Å². The zero-order chi connectivity index (χ0) is 21.0. The minimum atomic E-state index is -0.0621. The number of guanidine groups is 1. The van der Waals surface area contributed by atoms with Crippen molar-refractivity contribution >= 4 is 35.8 Å². The van der Waals surface area contributed by atoms with Crippen LogP contribution in [0, 0.1) is 0 Å². The highest BCUT2D eigenvalue weighted by Crippen LogP contribution is 2.10. The number of rotatable bonds is 9. The van der Waals surface area contributed by atoms with Crippen LogP contribution < -0.4 is 16.0 Å². The van der Waals surface area contributed by atoms with Gasteiger partial charge in [0.05, 0.1) is 13.1 Å². The molecule has 0 unspecified atom stereocenters. The number of nitrogens with one attached hydrogen (secondary N) is 3. The van der Waals surface area contributed by atoms with E-state index in [4.69, 9.17) is 0 Å². The van der Waals surface area contributed by atoms with Crippen LogP contribution in [0.15, 0.2) is 78.0 Å². The molecule has 0 spiro atoms. The molecule has 3 aromatic rings. The number of carbonyl (C=O) groups excluding carboxylic acids is 1. The molecule has 8 heteroatoms. The fourth-order valence-electron chi connectivity index (χ4n) is 3.07. The van der Waals surface area contributed by atoms with Gasteiger partial charge < -0.3 is 16.0 Å². The van der Waals surface area contributed by atoms with Gasteiger partial charge in [0.1, 0.15) is 0 Å². The molecule has 1 heterocycles. The lowest BCUT2D eigenvalue weighted by Gasteiger charge is -2.14. The van der Waals surface area contributed by atoms with Crippen LogP contribution in [0.2, 0.25) is 0 Å². The zero-order valence-corrected chi connectivity index (χ0v) is 20.0. The number of hydrogen-bond acceptors (Lipinski definition) is 3. The zero-order valence-electron chi connectivity index (χ0n) is 17.6. The van der Waals surface area contributed by atoms with Gasteiger partial charge in [-0.25, -0.2) is 0 Å². The molecule has 1 amide bonds. The molecule has 3 rings (SSSR count). The molecule has 31 heavy (non-hydrogen) atoms. The highest BCUT2D eigenvalue weighted by molar-refractivity contribution is 14.0. The van der Waals surface area contributed by atoms with Crippen molar-refractivity contribution in [1.82, 2.24) is 25.7 Å². The van der Waals surface area contributed by atoms with E-state index in [1.54, 1.807) is 13.2 Å². The van der Waals surface area contributed by atoms with Crippen molar-refractivity contribution in [2.45, 2.75) is 19.5 Å². The Kier molecular flexibility index (Phi) is 10.6. The second-order valence-corrected chi connectivity index (χ2v) is 6.84. The molecule has 1 aromatic heterocycles. The lowest BCUT2D eigenvalue weighted by atomic mass is 10.1. The van der Waals surface area contributed by atoms with E-state index in [9.17, 15) is 4.79 Å². The number of amides is 1. The Morgan fingerprint density at radius 2 is 1.71 bits per heavy atom. The second-order valence-electron chi connectivity index (χ2n) is 6.84. The summed E-state index contributed by atoms with van der Waals surface area (Å²) in [6.45, 7) is 2.09. The van der Waals surface area contributed by atoms with E-state index in [0.29, 0.717) is 25.6 Å². The number of hydrogen-bond donors (Lipinski definition) is 3. The molecule has 0 atom stereocenters. The maximum atomic E-state index is 12.1. The van der Waals surface area contributed by atoms with Crippen LogP contribution in [-0.4, -0.2) is 41.8 Å². The molecule has 0 aliphatic rings. The van der Waals surface area contributed by atoms with Gasteiger partial charge in [0.25, 0.3) is 0 Å². The third kappa shape index (κ3) is 8.41. The van der Waals surface area contributed by atoms with Crippen LogP contribution in [0.1, 0.15) is 16.7 Å². The third-order valence-corrected chi connectivity index (χ3v) is 4.67. The van der Waals surface area contributed by atoms with Gasteiger partial charge in [0.15, 0.2) is 5.96 Å². The van der Waals surface area contributed by atoms with Gasteiger partial charge in [-0.2, -0.15) is 5.10 Å². The van der Waals surface area contributed by atoms with Crippen molar-refractivity contribution in [3.05, 3.63) is 89.7 Å². The van der Waals surface area contributed by atoms with E-state index >= 15 is 0 Å². The van der Waals surface area contributed by atoms with Crippen molar-refractivity contribution in [2.75, 3.05) is 20.1 Å². The standard InChI is InChI=1S/C23H28N6O.HI/c1-24-23(27-17-22(30)25-14-12-19-8-3-2-4-9-19)26-16-20-10-5-6-11-21(20)18-29-15-7-13-28-29;/h2-11,13,15H,12,14,16-18H2,1H3,(H,25,30)(H2,24,26,27);1H. The van der Waals surface area contributed by atoms with Crippen molar-refractivity contribution in [3.8, 4) is 0 Å². The van der Waals surface area contributed by atoms with Gasteiger partial charge in [-0.15, -0.1) is 24.0 Å². The molecule has 2 aromatic carbocycles. The summed E-state index contributed by atoms with van der Waals surface area (Å²) in [6.07, 6.45) is 4.53. The topological polar surface area (TPSA) is 83.3 Å². The predicted molar refractivity (Wildman–Crippen MR) is 135 cm³/mol. The van der Waals surface area contributed by atoms with Gasteiger partial charge in [0, 0.05) is 32.5 Å². The van der Waals surface area contributed by atoms with Crippen molar-refractivity contribution in [3.63, 3.8) is 0 Å². The van der Waals surface area contributed by atoms with Gasteiger partial charge in [0.2, 0.25) is 5.91 Å². The first kappa shape index (κ1) is 24.4.